The molecule has 1 aromatic heterocycles. The number of aromatic nitrogens is 2. The second-order valence-electron chi connectivity index (χ2n) is 6.01. The van der Waals surface area contributed by atoms with Gasteiger partial charge in [0.25, 0.3) is 5.91 Å². The third kappa shape index (κ3) is 3.97. The molecule has 0 N–H and O–H groups in total. The maximum absolute atomic E-state index is 12.7. The Balaban J connectivity index is 2.18. The number of methoxy groups -OCH3 is 1. The summed E-state index contributed by atoms with van der Waals surface area (Å²) >= 11 is 6.22. The summed E-state index contributed by atoms with van der Waals surface area (Å²) in [5.41, 5.74) is 4.60. The highest BCUT2D eigenvalue weighted by atomic mass is 35.5. The summed E-state index contributed by atoms with van der Waals surface area (Å²) in [6.45, 7) is 7.73. The molecule has 130 valence electrons. The van der Waals surface area contributed by atoms with Crippen molar-refractivity contribution in [2.45, 2.75) is 33.9 Å². The lowest BCUT2D eigenvalue weighted by Crippen LogP contribution is -2.27. The monoisotopic (exact) mass is 349 g/mol. The first kappa shape index (κ1) is 18.5. The van der Waals surface area contributed by atoms with E-state index in [1.165, 1.54) is 0 Å². The molecule has 0 saturated heterocycles. The Morgan fingerprint density at radius 1 is 1.33 bits per heavy atom. The molecule has 0 bridgehead atoms. The number of aryl methyl sites for hydroxylation is 2. The predicted octanol–water partition coefficient (Wildman–Crippen LogP) is 3.38. The molecule has 0 aliphatic heterocycles. The molecule has 0 saturated carbocycles. The number of amides is 1. The second-order valence-corrected chi connectivity index (χ2v) is 6.42. The van der Waals surface area contributed by atoms with Crippen LogP contribution in [0.4, 0.5) is 0 Å². The minimum Gasteiger partial charge on any atom is -0.383 e. The summed E-state index contributed by atoms with van der Waals surface area (Å²) in [5.74, 6) is -0.0940. The van der Waals surface area contributed by atoms with Gasteiger partial charge in [-0.1, -0.05) is 17.7 Å². The van der Waals surface area contributed by atoms with Crippen LogP contribution in [-0.4, -0.2) is 41.4 Å². The molecule has 5 nitrogen and oxygen atoms in total. The Morgan fingerprint density at radius 2 is 2.04 bits per heavy atom. The van der Waals surface area contributed by atoms with Gasteiger partial charge in [-0.2, -0.15) is 5.10 Å². The van der Waals surface area contributed by atoms with E-state index in [1.807, 2.05) is 37.6 Å². The van der Waals surface area contributed by atoms with Gasteiger partial charge >= 0.3 is 0 Å². The molecule has 0 fully saturated rings. The van der Waals surface area contributed by atoms with Gasteiger partial charge in [0.15, 0.2) is 0 Å². The molecule has 6 heteroatoms. The van der Waals surface area contributed by atoms with E-state index in [0.29, 0.717) is 30.3 Å². The molecular weight excluding hydrogens is 326 g/mol. The van der Waals surface area contributed by atoms with Crippen LogP contribution in [-0.2, 0) is 17.8 Å². The van der Waals surface area contributed by atoms with Crippen LogP contribution in [0.1, 0.15) is 32.9 Å². The lowest BCUT2D eigenvalue weighted by Gasteiger charge is -2.18. The predicted molar refractivity (Wildman–Crippen MR) is 95.6 cm³/mol. The molecular formula is C18H24ClN3O2. The first-order valence-electron chi connectivity index (χ1n) is 7.88. The van der Waals surface area contributed by atoms with Gasteiger partial charge in [0.1, 0.15) is 0 Å². The lowest BCUT2D eigenvalue weighted by molar-refractivity contribution is 0.0785. The quantitative estimate of drug-likeness (QED) is 0.803. The molecule has 0 unspecified atom stereocenters. The number of benzene rings is 1. The molecule has 2 rings (SSSR count). The summed E-state index contributed by atoms with van der Waals surface area (Å²) < 4.78 is 7.03. The topological polar surface area (TPSA) is 47.4 Å². The molecule has 2 aromatic rings. The molecule has 1 aromatic carbocycles. The largest absolute Gasteiger partial charge is 0.383 e. The first-order chi connectivity index (χ1) is 11.3. The summed E-state index contributed by atoms with van der Waals surface area (Å²) in [6.07, 6.45) is 0. The summed E-state index contributed by atoms with van der Waals surface area (Å²) in [4.78, 5) is 14.4. The smallest absolute Gasteiger partial charge is 0.255 e. The number of hydrogen-bond donors (Lipinski definition) is 0. The van der Waals surface area contributed by atoms with Crippen molar-refractivity contribution < 1.29 is 9.53 Å². The van der Waals surface area contributed by atoms with Crippen molar-refractivity contribution in [3.05, 3.63) is 51.3 Å². The van der Waals surface area contributed by atoms with E-state index in [9.17, 15) is 4.79 Å². The zero-order valence-corrected chi connectivity index (χ0v) is 15.6. The number of hydrogen-bond acceptors (Lipinski definition) is 3. The van der Waals surface area contributed by atoms with Gasteiger partial charge < -0.3 is 9.64 Å². The fraction of sp³-hybridized carbons (Fsp3) is 0.444. The molecule has 0 aliphatic rings. The van der Waals surface area contributed by atoms with E-state index in [2.05, 4.69) is 5.10 Å². The van der Waals surface area contributed by atoms with Crippen molar-refractivity contribution in [3.8, 4) is 0 Å². The lowest BCUT2D eigenvalue weighted by atomic mass is 10.1. The number of carbonyl (C=O) groups excluding carboxylic acids is 1. The minimum absolute atomic E-state index is 0.0940. The maximum Gasteiger partial charge on any atom is 0.255 e. The average Bonchev–Trinajstić information content (AvgIpc) is 2.79. The second kappa shape index (κ2) is 7.81. The van der Waals surface area contributed by atoms with E-state index in [1.54, 1.807) is 25.1 Å². The summed E-state index contributed by atoms with van der Waals surface area (Å²) in [7, 11) is 3.45. The Kier molecular flexibility index (Phi) is 6.02. The van der Waals surface area contributed by atoms with E-state index in [0.717, 1.165) is 22.5 Å². The molecule has 1 amide bonds. The van der Waals surface area contributed by atoms with Gasteiger partial charge in [-0.05, 0) is 38.5 Å². The highest BCUT2D eigenvalue weighted by molar-refractivity contribution is 6.33. The Labute approximate surface area is 148 Å². The third-order valence-corrected chi connectivity index (χ3v) is 4.45. The van der Waals surface area contributed by atoms with Crippen LogP contribution in [0.3, 0.4) is 0 Å². The highest BCUT2D eigenvalue weighted by Gasteiger charge is 2.19. The fourth-order valence-corrected chi connectivity index (χ4v) is 2.98. The van der Waals surface area contributed by atoms with Crippen LogP contribution in [0.15, 0.2) is 18.2 Å². The molecule has 1 heterocycles. The van der Waals surface area contributed by atoms with Gasteiger partial charge in [-0.3, -0.25) is 9.48 Å². The zero-order chi connectivity index (χ0) is 17.9. The standard InChI is InChI=1S/C18H24ClN3O2/c1-12-6-7-15(17(19)10-12)18(23)21(4)11-16-13(2)20-22(14(16)3)8-9-24-5/h6-7,10H,8-9,11H2,1-5H3. The maximum atomic E-state index is 12.7. The third-order valence-electron chi connectivity index (χ3n) is 4.14. The fourth-order valence-electron chi connectivity index (χ4n) is 2.67. The Hall–Kier alpha value is -1.85. The Bertz CT molecular complexity index is 740. The van der Waals surface area contributed by atoms with E-state index >= 15 is 0 Å². The van der Waals surface area contributed by atoms with E-state index in [4.69, 9.17) is 16.3 Å². The molecule has 0 radical (unpaired) electrons. The van der Waals surface area contributed by atoms with Gasteiger partial charge in [0.05, 0.1) is 29.4 Å². The van der Waals surface area contributed by atoms with Gasteiger partial charge in [0, 0.05) is 32.0 Å². The van der Waals surface area contributed by atoms with Crippen LogP contribution in [0, 0.1) is 20.8 Å². The van der Waals surface area contributed by atoms with Crippen LogP contribution in [0.2, 0.25) is 5.02 Å². The number of halogens is 1. The summed E-state index contributed by atoms with van der Waals surface area (Å²) in [5, 5.41) is 5.02. The van der Waals surface area contributed by atoms with Gasteiger partial charge in [-0.15, -0.1) is 0 Å². The highest BCUT2D eigenvalue weighted by Crippen LogP contribution is 2.21. The normalized spacial score (nSPS) is 10.9. The van der Waals surface area contributed by atoms with E-state index < -0.39 is 0 Å². The van der Waals surface area contributed by atoms with Gasteiger partial charge in [0.2, 0.25) is 0 Å². The van der Waals surface area contributed by atoms with Crippen LogP contribution in [0.25, 0.3) is 0 Å². The minimum atomic E-state index is -0.0940. The molecule has 24 heavy (non-hydrogen) atoms. The number of rotatable bonds is 6. The van der Waals surface area contributed by atoms with Crippen molar-refractivity contribution in [2.24, 2.45) is 0 Å². The SMILES string of the molecule is COCCn1nc(C)c(CN(C)C(=O)c2ccc(C)cc2Cl)c1C. The van der Waals surface area contributed by atoms with Crippen molar-refractivity contribution in [1.29, 1.82) is 0 Å². The number of carbonyl (C=O) groups is 1. The summed E-state index contributed by atoms with van der Waals surface area (Å²) in [6, 6.07) is 5.48. The van der Waals surface area contributed by atoms with Gasteiger partial charge in [-0.25, -0.2) is 0 Å². The number of ether oxygens (including phenoxy) is 1. The average molecular weight is 350 g/mol. The molecule has 0 aliphatic carbocycles. The van der Waals surface area contributed by atoms with Crippen LogP contribution < -0.4 is 0 Å². The first-order valence-corrected chi connectivity index (χ1v) is 8.26. The van der Waals surface area contributed by atoms with Crippen molar-refractivity contribution in [1.82, 2.24) is 14.7 Å². The van der Waals surface area contributed by atoms with Crippen LogP contribution in [0.5, 0.6) is 0 Å². The van der Waals surface area contributed by atoms with E-state index in [-0.39, 0.29) is 5.91 Å². The van der Waals surface area contributed by atoms with Crippen molar-refractivity contribution in [3.63, 3.8) is 0 Å². The molecule has 0 atom stereocenters. The Morgan fingerprint density at radius 3 is 2.67 bits per heavy atom. The van der Waals surface area contributed by atoms with Crippen molar-refractivity contribution in [2.75, 3.05) is 20.8 Å². The van der Waals surface area contributed by atoms with Crippen molar-refractivity contribution >= 4 is 17.5 Å². The number of nitrogens with zero attached hydrogens (tertiary/aromatic N) is 3. The zero-order valence-electron chi connectivity index (χ0n) is 14.9. The molecule has 0 spiro atoms. The van der Waals surface area contributed by atoms with Crippen LogP contribution >= 0.6 is 11.6 Å².